The number of halogens is 1. The van der Waals surface area contributed by atoms with Gasteiger partial charge in [-0.1, -0.05) is 19.6 Å². The van der Waals surface area contributed by atoms with Crippen LogP contribution >= 0.6 is 0 Å². The summed E-state index contributed by atoms with van der Waals surface area (Å²) in [4.78, 5) is 13.5. The van der Waals surface area contributed by atoms with Crippen molar-refractivity contribution in [2.45, 2.75) is 20.3 Å². The molecule has 5 heteroatoms. The second-order valence-corrected chi connectivity index (χ2v) is 4.63. The number of anilines is 1. The summed E-state index contributed by atoms with van der Waals surface area (Å²) in [7, 11) is 1.70. The molecule has 4 nitrogen and oxygen atoms in total. The monoisotopic (exact) mass is 275 g/mol. The molecular formula is C15H18FN3O. The van der Waals surface area contributed by atoms with Crippen LogP contribution in [-0.2, 0) is 0 Å². The fourth-order valence-electron chi connectivity index (χ4n) is 2.31. The van der Waals surface area contributed by atoms with E-state index in [1.54, 1.807) is 26.1 Å². The molecule has 0 radical (unpaired) electrons. The van der Waals surface area contributed by atoms with Crippen LogP contribution in [0.3, 0.4) is 0 Å². The fourth-order valence-corrected chi connectivity index (χ4v) is 2.31. The number of carbonyl (C=O) groups excluding carboxylic acids is 1. The van der Waals surface area contributed by atoms with E-state index in [0.717, 1.165) is 11.1 Å². The minimum absolute atomic E-state index is 0.218. The van der Waals surface area contributed by atoms with Gasteiger partial charge >= 0.3 is 6.03 Å². The number of allylic oxidation sites excluding steroid dienone is 1. The Bertz CT molecular complexity index is 607. The molecule has 0 atom stereocenters. The first kappa shape index (κ1) is 14.1. The molecule has 0 unspecified atom stereocenters. The van der Waals surface area contributed by atoms with Crippen LogP contribution in [0.15, 0.2) is 41.9 Å². The molecule has 1 aliphatic heterocycles. The smallest absolute Gasteiger partial charge is 0.332 e. The topological polar surface area (TPSA) is 44.4 Å². The van der Waals surface area contributed by atoms with E-state index < -0.39 is 11.8 Å². The largest absolute Gasteiger partial charge is 0.374 e. The molecule has 0 bridgehead atoms. The van der Waals surface area contributed by atoms with E-state index in [2.05, 4.69) is 17.2 Å². The number of hydrogen-bond acceptors (Lipinski definition) is 2. The lowest BCUT2D eigenvalue weighted by Crippen LogP contribution is -2.47. The number of rotatable bonds is 3. The van der Waals surface area contributed by atoms with Crippen LogP contribution in [0.1, 0.15) is 18.9 Å². The molecule has 0 saturated heterocycles. The van der Waals surface area contributed by atoms with Crippen LogP contribution in [-0.4, -0.2) is 13.1 Å². The van der Waals surface area contributed by atoms with Gasteiger partial charge in [0.15, 0.2) is 0 Å². The van der Waals surface area contributed by atoms with Gasteiger partial charge in [0.25, 0.3) is 0 Å². The SMILES string of the molecule is C=C1NC(=O)N(c2ccc(C)cc2F)C(NC)=C1CC. The van der Waals surface area contributed by atoms with Gasteiger partial charge in [0.2, 0.25) is 0 Å². The van der Waals surface area contributed by atoms with Gasteiger partial charge in [-0.2, -0.15) is 0 Å². The summed E-state index contributed by atoms with van der Waals surface area (Å²) in [5, 5.41) is 5.64. The Morgan fingerprint density at radius 2 is 2.15 bits per heavy atom. The predicted octanol–water partition coefficient (Wildman–Crippen LogP) is 3.02. The van der Waals surface area contributed by atoms with Gasteiger partial charge in [0.05, 0.1) is 5.69 Å². The molecule has 0 aromatic heterocycles. The Morgan fingerprint density at radius 3 is 2.70 bits per heavy atom. The van der Waals surface area contributed by atoms with Crippen LogP contribution in [0.5, 0.6) is 0 Å². The second-order valence-electron chi connectivity index (χ2n) is 4.63. The third-order valence-electron chi connectivity index (χ3n) is 3.27. The zero-order valence-corrected chi connectivity index (χ0v) is 11.9. The van der Waals surface area contributed by atoms with Gasteiger partial charge in [-0.05, 0) is 31.0 Å². The van der Waals surface area contributed by atoms with E-state index in [0.29, 0.717) is 17.9 Å². The van der Waals surface area contributed by atoms with Crippen molar-refractivity contribution < 1.29 is 9.18 Å². The average Bonchev–Trinajstić information content (AvgIpc) is 2.39. The number of hydrogen-bond donors (Lipinski definition) is 2. The zero-order chi connectivity index (χ0) is 14.9. The van der Waals surface area contributed by atoms with Gasteiger partial charge in [-0.3, -0.25) is 0 Å². The van der Waals surface area contributed by atoms with Gasteiger partial charge < -0.3 is 10.6 Å². The van der Waals surface area contributed by atoms with Gasteiger partial charge in [0, 0.05) is 18.3 Å². The van der Waals surface area contributed by atoms with Crippen molar-refractivity contribution in [2.24, 2.45) is 0 Å². The summed E-state index contributed by atoms with van der Waals surface area (Å²) in [5.74, 6) is 0.125. The van der Waals surface area contributed by atoms with Crippen molar-refractivity contribution in [2.75, 3.05) is 11.9 Å². The molecule has 106 valence electrons. The van der Waals surface area contributed by atoms with Crippen LogP contribution < -0.4 is 15.5 Å². The molecule has 0 aliphatic carbocycles. The third kappa shape index (κ3) is 2.27. The van der Waals surface area contributed by atoms with E-state index in [4.69, 9.17) is 0 Å². The van der Waals surface area contributed by atoms with Crippen LogP contribution in [0.25, 0.3) is 0 Å². The molecule has 20 heavy (non-hydrogen) atoms. The standard InChI is InChI=1S/C15H18FN3O/c1-5-11-10(3)18-15(20)19(14(11)17-4)13-7-6-9(2)8-12(13)16/h6-8,17H,3,5H2,1-2,4H3,(H,18,20). The van der Waals surface area contributed by atoms with Gasteiger partial charge in [-0.25, -0.2) is 14.1 Å². The lowest BCUT2D eigenvalue weighted by Gasteiger charge is -2.33. The normalized spacial score (nSPS) is 15.5. The van der Waals surface area contributed by atoms with Crippen LogP contribution in [0.2, 0.25) is 0 Å². The summed E-state index contributed by atoms with van der Waals surface area (Å²) in [6.07, 6.45) is 0.680. The molecule has 2 rings (SSSR count). The zero-order valence-electron chi connectivity index (χ0n) is 11.9. The fraction of sp³-hybridized carbons (Fsp3) is 0.267. The van der Waals surface area contributed by atoms with Crippen molar-refractivity contribution in [3.8, 4) is 0 Å². The number of nitrogens with zero attached hydrogens (tertiary/aromatic N) is 1. The highest BCUT2D eigenvalue weighted by molar-refractivity contribution is 5.98. The first-order valence-corrected chi connectivity index (χ1v) is 6.47. The third-order valence-corrected chi connectivity index (χ3v) is 3.27. The molecule has 0 spiro atoms. The van der Waals surface area contributed by atoms with E-state index in [9.17, 15) is 9.18 Å². The summed E-state index contributed by atoms with van der Waals surface area (Å²) < 4.78 is 14.2. The first-order chi connectivity index (χ1) is 9.49. The molecule has 0 saturated carbocycles. The number of aryl methyl sites for hydroxylation is 1. The molecule has 1 aromatic rings. The van der Waals surface area contributed by atoms with E-state index in [-0.39, 0.29) is 5.69 Å². The number of nitrogens with one attached hydrogen (secondary N) is 2. The van der Waals surface area contributed by atoms with Crippen LogP contribution in [0, 0.1) is 12.7 Å². The van der Waals surface area contributed by atoms with Crippen molar-refractivity contribution in [1.29, 1.82) is 0 Å². The van der Waals surface area contributed by atoms with Gasteiger partial charge in [-0.15, -0.1) is 0 Å². The Labute approximate surface area is 118 Å². The number of carbonyl (C=O) groups is 1. The van der Waals surface area contributed by atoms with Crippen molar-refractivity contribution in [3.63, 3.8) is 0 Å². The Balaban J connectivity index is 2.60. The predicted molar refractivity (Wildman–Crippen MR) is 77.7 cm³/mol. The Hall–Kier alpha value is -2.30. The van der Waals surface area contributed by atoms with E-state index in [1.807, 2.05) is 6.92 Å². The summed E-state index contributed by atoms with van der Waals surface area (Å²) >= 11 is 0. The molecule has 1 aliphatic rings. The van der Waals surface area contributed by atoms with Crippen LogP contribution in [0.4, 0.5) is 14.9 Å². The summed E-state index contributed by atoms with van der Waals surface area (Å²) in [5.41, 5.74) is 2.42. The number of benzene rings is 1. The molecule has 2 amide bonds. The quantitative estimate of drug-likeness (QED) is 0.890. The molecule has 1 aromatic carbocycles. The summed E-state index contributed by atoms with van der Waals surface area (Å²) in [6.45, 7) is 7.59. The molecule has 1 heterocycles. The highest BCUT2D eigenvalue weighted by Crippen LogP contribution is 2.29. The van der Waals surface area contributed by atoms with Crippen molar-refractivity contribution >= 4 is 11.7 Å². The maximum Gasteiger partial charge on any atom is 0.332 e. The lowest BCUT2D eigenvalue weighted by atomic mass is 10.1. The maximum absolute atomic E-state index is 14.2. The van der Waals surface area contributed by atoms with Crippen molar-refractivity contribution in [3.05, 3.63) is 53.2 Å². The van der Waals surface area contributed by atoms with Gasteiger partial charge in [0.1, 0.15) is 11.6 Å². The minimum Gasteiger partial charge on any atom is -0.374 e. The second kappa shape index (κ2) is 5.36. The molecule has 2 N–H and O–H groups in total. The highest BCUT2D eigenvalue weighted by atomic mass is 19.1. The van der Waals surface area contributed by atoms with E-state index >= 15 is 0 Å². The minimum atomic E-state index is -0.434. The average molecular weight is 275 g/mol. The summed E-state index contributed by atoms with van der Waals surface area (Å²) in [6, 6.07) is 4.36. The lowest BCUT2D eigenvalue weighted by molar-refractivity contribution is 0.248. The van der Waals surface area contributed by atoms with E-state index in [1.165, 1.54) is 11.0 Å². The number of amides is 2. The van der Waals surface area contributed by atoms with Crippen molar-refractivity contribution in [1.82, 2.24) is 10.6 Å². The Kier molecular flexibility index (Phi) is 3.79. The maximum atomic E-state index is 14.2. The Morgan fingerprint density at radius 1 is 1.45 bits per heavy atom. The highest BCUT2D eigenvalue weighted by Gasteiger charge is 2.30. The molecule has 0 fully saturated rings. The molecular weight excluding hydrogens is 257 g/mol. The number of urea groups is 1. The first-order valence-electron chi connectivity index (χ1n) is 6.47.